The molecule has 0 spiro atoms. The van der Waals surface area contributed by atoms with Crippen molar-refractivity contribution in [1.82, 2.24) is 5.32 Å². The Labute approximate surface area is 103 Å². The average molecular weight is 235 g/mol. The molecule has 0 radical (unpaired) electrons. The first-order chi connectivity index (χ1) is 8.19. The van der Waals surface area contributed by atoms with Gasteiger partial charge in [-0.25, -0.2) is 4.39 Å². The summed E-state index contributed by atoms with van der Waals surface area (Å²) in [6, 6.07) is 7.72. The molecule has 1 aromatic rings. The third kappa shape index (κ3) is 3.81. The minimum Gasteiger partial charge on any atom is -0.307 e. The fourth-order valence-corrected chi connectivity index (χ4v) is 2.31. The summed E-state index contributed by atoms with van der Waals surface area (Å²) >= 11 is 0. The maximum atomic E-state index is 12.8. The fraction of sp³-hybridized carbons (Fsp3) is 0.600. The lowest BCUT2D eigenvalue weighted by Gasteiger charge is -2.22. The highest BCUT2D eigenvalue weighted by Crippen LogP contribution is 2.34. The average Bonchev–Trinajstić information content (AvgIpc) is 3.13. The van der Waals surface area contributed by atoms with E-state index < -0.39 is 0 Å². The van der Waals surface area contributed by atoms with Crippen molar-refractivity contribution >= 4 is 0 Å². The van der Waals surface area contributed by atoms with Crippen LogP contribution in [0.25, 0.3) is 0 Å². The second kappa shape index (κ2) is 5.63. The summed E-state index contributed by atoms with van der Waals surface area (Å²) in [5.41, 5.74) is 1.17. The van der Waals surface area contributed by atoms with Gasteiger partial charge in [-0.1, -0.05) is 31.9 Å². The van der Waals surface area contributed by atoms with Crippen LogP contribution in [-0.4, -0.2) is 6.04 Å². The predicted molar refractivity (Wildman–Crippen MR) is 69.4 cm³/mol. The molecule has 2 heteroatoms. The van der Waals surface area contributed by atoms with Crippen LogP contribution in [-0.2, 0) is 0 Å². The number of halogens is 1. The van der Waals surface area contributed by atoms with Crippen molar-refractivity contribution in [2.24, 2.45) is 5.92 Å². The molecule has 0 heterocycles. The number of hydrogen-bond donors (Lipinski definition) is 1. The van der Waals surface area contributed by atoms with Gasteiger partial charge in [0.2, 0.25) is 0 Å². The van der Waals surface area contributed by atoms with Gasteiger partial charge in [0.1, 0.15) is 5.82 Å². The summed E-state index contributed by atoms with van der Waals surface area (Å²) < 4.78 is 12.8. The Morgan fingerprint density at radius 2 is 1.94 bits per heavy atom. The van der Waals surface area contributed by atoms with Crippen molar-refractivity contribution in [2.45, 2.75) is 51.6 Å². The van der Waals surface area contributed by atoms with Gasteiger partial charge in [0.25, 0.3) is 0 Å². The lowest BCUT2D eigenvalue weighted by atomic mass is 10.0. The van der Waals surface area contributed by atoms with Crippen LogP contribution in [0.1, 0.15) is 51.1 Å². The van der Waals surface area contributed by atoms with Crippen LogP contribution in [0.2, 0.25) is 0 Å². The minimum atomic E-state index is -0.161. The van der Waals surface area contributed by atoms with Crippen molar-refractivity contribution in [3.8, 4) is 0 Å². The van der Waals surface area contributed by atoms with E-state index in [4.69, 9.17) is 0 Å². The molecule has 0 bridgehead atoms. The highest BCUT2D eigenvalue weighted by Gasteiger charge is 2.25. The molecular weight excluding hydrogens is 213 g/mol. The van der Waals surface area contributed by atoms with Crippen molar-refractivity contribution < 1.29 is 4.39 Å². The molecule has 0 aromatic heterocycles. The highest BCUT2D eigenvalue weighted by atomic mass is 19.1. The molecule has 1 aliphatic carbocycles. The molecule has 1 fully saturated rings. The van der Waals surface area contributed by atoms with E-state index in [1.165, 1.54) is 43.4 Å². The molecule has 2 atom stereocenters. The first-order valence-corrected chi connectivity index (χ1v) is 6.70. The van der Waals surface area contributed by atoms with Gasteiger partial charge in [0, 0.05) is 12.1 Å². The summed E-state index contributed by atoms with van der Waals surface area (Å²) in [5.74, 6) is 0.791. The standard InChI is InChI=1S/C15H22FN/c1-3-15(10-12-4-5-12)17-11(2)13-6-8-14(16)9-7-13/h6-9,11-12,15,17H,3-5,10H2,1-2H3. The van der Waals surface area contributed by atoms with Gasteiger partial charge in [-0.15, -0.1) is 0 Å². The molecule has 1 saturated carbocycles. The summed E-state index contributed by atoms with van der Waals surface area (Å²) in [6.07, 6.45) is 5.27. The summed E-state index contributed by atoms with van der Waals surface area (Å²) in [4.78, 5) is 0. The molecule has 0 saturated heterocycles. The number of rotatable bonds is 6. The second-order valence-electron chi connectivity index (χ2n) is 5.22. The zero-order chi connectivity index (χ0) is 12.3. The van der Waals surface area contributed by atoms with Crippen LogP contribution in [0, 0.1) is 11.7 Å². The number of nitrogens with one attached hydrogen (secondary N) is 1. The van der Waals surface area contributed by atoms with Crippen molar-refractivity contribution in [2.75, 3.05) is 0 Å². The minimum absolute atomic E-state index is 0.161. The van der Waals surface area contributed by atoms with Gasteiger partial charge in [0.05, 0.1) is 0 Å². The van der Waals surface area contributed by atoms with Crippen LogP contribution < -0.4 is 5.32 Å². The van der Waals surface area contributed by atoms with E-state index in [-0.39, 0.29) is 5.82 Å². The van der Waals surface area contributed by atoms with Crippen LogP contribution in [0.3, 0.4) is 0 Å². The normalized spacial score (nSPS) is 19.0. The number of hydrogen-bond acceptors (Lipinski definition) is 1. The Morgan fingerprint density at radius 3 is 2.47 bits per heavy atom. The van der Waals surface area contributed by atoms with E-state index in [2.05, 4.69) is 19.2 Å². The monoisotopic (exact) mass is 235 g/mol. The van der Waals surface area contributed by atoms with E-state index in [0.29, 0.717) is 12.1 Å². The predicted octanol–water partition coefficient (Wildman–Crippen LogP) is 4.06. The van der Waals surface area contributed by atoms with Crippen LogP contribution in [0.5, 0.6) is 0 Å². The first kappa shape index (κ1) is 12.6. The molecule has 1 aromatic carbocycles. The molecule has 1 nitrogen and oxygen atoms in total. The molecule has 1 N–H and O–H groups in total. The van der Waals surface area contributed by atoms with Crippen molar-refractivity contribution in [3.05, 3.63) is 35.6 Å². The Bertz CT molecular complexity index is 342. The molecule has 1 aliphatic rings. The second-order valence-corrected chi connectivity index (χ2v) is 5.22. The topological polar surface area (TPSA) is 12.0 Å². The van der Waals surface area contributed by atoms with E-state index >= 15 is 0 Å². The molecule has 0 aliphatic heterocycles. The lowest BCUT2D eigenvalue weighted by molar-refractivity contribution is 0.404. The Morgan fingerprint density at radius 1 is 1.29 bits per heavy atom. The quantitative estimate of drug-likeness (QED) is 0.784. The first-order valence-electron chi connectivity index (χ1n) is 6.70. The van der Waals surface area contributed by atoms with Crippen molar-refractivity contribution in [3.63, 3.8) is 0 Å². The maximum absolute atomic E-state index is 12.8. The molecule has 2 rings (SSSR count). The van der Waals surface area contributed by atoms with Crippen LogP contribution in [0.15, 0.2) is 24.3 Å². The molecule has 0 amide bonds. The van der Waals surface area contributed by atoms with Gasteiger partial charge in [-0.3, -0.25) is 0 Å². The van der Waals surface area contributed by atoms with Crippen LogP contribution >= 0.6 is 0 Å². The van der Waals surface area contributed by atoms with Gasteiger partial charge >= 0.3 is 0 Å². The highest BCUT2D eigenvalue weighted by molar-refractivity contribution is 5.19. The van der Waals surface area contributed by atoms with Crippen LogP contribution in [0.4, 0.5) is 4.39 Å². The van der Waals surface area contributed by atoms with E-state index in [1.807, 2.05) is 12.1 Å². The zero-order valence-electron chi connectivity index (χ0n) is 10.7. The fourth-order valence-electron chi connectivity index (χ4n) is 2.31. The SMILES string of the molecule is CCC(CC1CC1)NC(C)c1ccc(F)cc1. The third-order valence-corrected chi connectivity index (χ3v) is 3.66. The Kier molecular flexibility index (Phi) is 4.16. The third-order valence-electron chi connectivity index (χ3n) is 3.66. The number of benzene rings is 1. The van der Waals surface area contributed by atoms with Gasteiger partial charge < -0.3 is 5.32 Å². The van der Waals surface area contributed by atoms with E-state index in [1.54, 1.807) is 0 Å². The smallest absolute Gasteiger partial charge is 0.123 e. The van der Waals surface area contributed by atoms with E-state index in [9.17, 15) is 4.39 Å². The Hall–Kier alpha value is -0.890. The largest absolute Gasteiger partial charge is 0.307 e. The summed E-state index contributed by atoms with van der Waals surface area (Å²) in [6.45, 7) is 4.39. The summed E-state index contributed by atoms with van der Waals surface area (Å²) in [7, 11) is 0. The summed E-state index contributed by atoms with van der Waals surface area (Å²) in [5, 5.41) is 3.65. The maximum Gasteiger partial charge on any atom is 0.123 e. The van der Waals surface area contributed by atoms with Gasteiger partial charge in [-0.2, -0.15) is 0 Å². The van der Waals surface area contributed by atoms with E-state index in [0.717, 1.165) is 5.92 Å². The Balaban J connectivity index is 1.89. The molecular formula is C15H22FN. The molecule has 17 heavy (non-hydrogen) atoms. The zero-order valence-corrected chi connectivity index (χ0v) is 10.7. The molecule has 94 valence electrons. The van der Waals surface area contributed by atoms with Gasteiger partial charge in [0.15, 0.2) is 0 Å². The van der Waals surface area contributed by atoms with Crippen molar-refractivity contribution in [1.29, 1.82) is 0 Å². The molecule has 2 unspecified atom stereocenters. The lowest BCUT2D eigenvalue weighted by Crippen LogP contribution is -2.31. The van der Waals surface area contributed by atoms with Gasteiger partial charge in [-0.05, 0) is 43.4 Å².